The van der Waals surface area contributed by atoms with Gasteiger partial charge in [-0.15, -0.1) is 0 Å². The maximum Gasteiger partial charge on any atom is 0.239 e. The van der Waals surface area contributed by atoms with E-state index in [4.69, 9.17) is 5.73 Å². The van der Waals surface area contributed by atoms with Crippen LogP contribution in [-0.4, -0.2) is 29.9 Å². The van der Waals surface area contributed by atoms with Gasteiger partial charge in [-0.3, -0.25) is 4.79 Å². The molecule has 0 bridgehead atoms. The fourth-order valence-corrected chi connectivity index (χ4v) is 0.951. The molecule has 0 aliphatic carbocycles. The second-order valence-electron chi connectivity index (χ2n) is 3.44. The first-order valence-electron chi connectivity index (χ1n) is 4.53. The summed E-state index contributed by atoms with van der Waals surface area (Å²) in [6.45, 7) is 6.00. The van der Waals surface area contributed by atoms with Gasteiger partial charge in [0.25, 0.3) is 0 Å². The van der Waals surface area contributed by atoms with Crippen molar-refractivity contribution in [2.24, 2.45) is 5.73 Å². The van der Waals surface area contributed by atoms with Crippen LogP contribution in [0.3, 0.4) is 0 Å². The first kappa shape index (κ1) is 11.4. The highest BCUT2D eigenvalue weighted by Crippen LogP contribution is 2.01. The van der Waals surface area contributed by atoms with Gasteiger partial charge in [-0.05, 0) is 20.3 Å². The van der Waals surface area contributed by atoms with Crippen LogP contribution in [0.4, 0.5) is 0 Å². The van der Waals surface area contributed by atoms with Crippen LogP contribution in [-0.2, 0) is 4.79 Å². The third kappa shape index (κ3) is 3.22. The first-order chi connectivity index (χ1) is 5.50. The Labute approximate surface area is 74.9 Å². The molecule has 0 aliphatic rings. The molecule has 1 amide bonds. The quantitative estimate of drug-likeness (QED) is 0.687. The van der Waals surface area contributed by atoms with Crippen molar-refractivity contribution >= 4 is 5.91 Å². The summed E-state index contributed by atoms with van der Waals surface area (Å²) in [5.74, 6) is 0.0480. The molecule has 0 saturated heterocycles. The molecule has 0 aromatic carbocycles. The van der Waals surface area contributed by atoms with Crippen LogP contribution in [0.2, 0.25) is 0 Å². The SMILES string of the molecule is CCC[C@@H](N)C(=O)N(C)C(C)C. The molecule has 0 aromatic rings. The van der Waals surface area contributed by atoms with E-state index in [-0.39, 0.29) is 18.0 Å². The van der Waals surface area contributed by atoms with Crippen LogP contribution in [0.25, 0.3) is 0 Å². The van der Waals surface area contributed by atoms with Crippen LogP contribution in [0.5, 0.6) is 0 Å². The summed E-state index contributed by atoms with van der Waals surface area (Å²) < 4.78 is 0. The number of rotatable bonds is 4. The largest absolute Gasteiger partial charge is 0.342 e. The molecule has 12 heavy (non-hydrogen) atoms. The third-order valence-electron chi connectivity index (χ3n) is 2.04. The van der Waals surface area contributed by atoms with Crippen LogP contribution >= 0.6 is 0 Å². The molecule has 0 rings (SSSR count). The topological polar surface area (TPSA) is 46.3 Å². The van der Waals surface area contributed by atoms with Gasteiger partial charge in [-0.25, -0.2) is 0 Å². The standard InChI is InChI=1S/C9H20N2O/c1-5-6-8(10)9(12)11(4)7(2)3/h7-8H,5-6,10H2,1-4H3/t8-/m1/s1. The minimum Gasteiger partial charge on any atom is -0.342 e. The monoisotopic (exact) mass is 172 g/mol. The molecule has 0 unspecified atom stereocenters. The molecule has 3 heteroatoms. The maximum absolute atomic E-state index is 11.5. The summed E-state index contributed by atoms with van der Waals surface area (Å²) in [6.07, 6.45) is 1.73. The first-order valence-corrected chi connectivity index (χ1v) is 4.53. The smallest absolute Gasteiger partial charge is 0.239 e. The molecular formula is C9H20N2O. The van der Waals surface area contributed by atoms with E-state index < -0.39 is 0 Å². The summed E-state index contributed by atoms with van der Waals surface area (Å²) in [5, 5.41) is 0. The Morgan fingerprint density at radius 2 is 2.00 bits per heavy atom. The van der Waals surface area contributed by atoms with Gasteiger partial charge in [0.15, 0.2) is 0 Å². The molecule has 1 atom stereocenters. The Bertz CT molecular complexity index is 145. The fourth-order valence-electron chi connectivity index (χ4n) is 0.951. The van der Waals surface area contributed by atoms with Gasteiger partial charge in [0, 0.05) is 13.1 Å². The number of hydrogen-bond donors (Lipinski definition) is 1. The zero-order valence-corrected chi connectivity index (χ0v) is 8.50. The second kappa shape index (κ2) is 5.14. The van der Waals surface area contributed by atoms with Crippen LogP contribution in [0, 0.1) is 0 Å². The highest BCUT2D eigenvalue weighted by molar-refractivity contribution is 5.81. The van der Waals surface area contributed by atoms with E-state index in [9.17, 15) is 4.79 Å². The Morgan fingerprint density at radius 3 is 2.33 bits per heavy atom. The normalized spacial score (nSPS) is 13.2. The molecule has 0 saturated carbocycles. The van der Waals surface area contributed by atoms with E-state index in [1.165, 1.54) is 0 Å². The molecule has 0 spiro atoms. The predicted molar refractivity (Wildman–Crippen MR) is 50.8 cm³/mol. The highest BCUT2D eigenvalue weighted by atomic mass is 16.2. The average Bonchev–Trinajstić information content (AvgIpc) is 2.02. The lowest BCUT2D eigenvalue weighted by atomic mass is 10.1. The van der Waals surface area contributed by atoms with Crippen molar-refractivity contribution in [3.63, 3.8) is 0 Å². The van der Waals surface area contributed by atoms with Gasteiger partial charge in [-0.1, -0.05) is 13.3 Å². The van der Waals surface area contributed by atoms with Crippen molar-refractivity contribution in [3.8, 4) is 0 Å². The van der Waals surface area contributed by atoms with Crippen molar-refractivity contribution in [1.82, 2.24) is 4.90 Å². The molecule has 0 fully saturated rings. The fraction of sp³-hybridized carbons (Fsp3) is 0.889. The summed E-state index contributed by atoms with van der Waals surface area (Å²) in [6, 6.07) is -0.0807. The minimum atomic E-state index is -0.317. The Hall–Kier alpha value is -0.570. The molecule has 0 aromatic heterocycles. The molecule has 0 aliphatic heterocycles. The van der Waals surface area contributed by atoms with Gasteiger partial charge >= 0.3 is 0 Å². The number of nitrogens with two attached hydrogens (primary N) is 1. The van der Waals surface area contributed by atoms with E-state index in [0.717, 1.165) is 12.8 Å². The number of nitrogens with zero attached hydrogens (tertiary/aromatic N) is 1. The summed E-state index contributed by atoms with van der Waals surface area (Å²) in [7, 11) is 1.79. The summed E-state index contributed by atoms with van der Waals surface area (Å²) >= 11 is 0. The van der Waals surface area contributed by atoms with E-state index in [0.29, 0.717) is 0 Å². The molecule has 0 heterocycles. The molecular weight excluding hydrogens is 152 g/mol. The van der Waals surface area contributed by atoms with Crippen molar-refractivity contribution in [1.29, 1.82) is 0 Å². The number of carbonyl (C=O) groups excluding carboxylic acids is 1. The van der Waals surface area contributed by atoms with E-state index in [1.54, 1.807) is 11.9 Å². The molecule has 0 radical (unpaired) electrons. The Balaban J connectivity index is 4.00. The lowest BCUT2D eigenvalue weighted by molar-refractivity contribution is -0.132. The number of carbonyl (C=O) groups is 1. The zero-order chi connectivity index (χ0) is 9.72. The van der Waals surface area contributed by atoms with E-state index >= 15 is 0 Å². The van der Waals surface area contributed by atoms with Gasteiger partial charge < -0.3 is 10.6 Å². The van der Waals surface area contributed by atoms with Crippen LogP contribution in [0.15, 0.2) is 0 Å². The summed E-state index contributed by atoms with van der Waals surface area (Å²) in [5.41, 5.74) is 5.68. The molecule has 72 valence electrons. The number of amides is 1. The van der Waals surface area contributed by atoms with Crippen molar-refractivity contribution in [2.45, 2.75) is 45.7 Å². The average molecular weight is 172 g/mol. The van der Waals surface area contributed by atoms with Gasteiger partial charge in [0.1, 0.15) is 0 Å². The lowest BCUT2D eigenvalue weighted by Gasteiger charge is -2.24. The van der Waals surface area contributed by atoms with Gasteiger partial charge in [0.05, 0.1) is 6.04 Å². The van der Waals surface area contributed by atoms with E-state index in [1.807, 2.05) is 20.8 Å². The lowest BCUT2D eigenvalue weighted by Crippen LogP contribution is -2.44. The Morgan fingerprint density at radius 1 is 1.50 bits per heavy atom. The maximum atomic E-state index is 11.5. The van der Waals surface area contributed by atoms with E-state index in [2.05, 4.69) is 0 Å². The zero-order valence-electron chi connectivity index (χ0n) is 8.50. The van der Waals surface area contributed by atoms with Crippen molar-refractivity contribution in [2.75, 3.05) is 7.05 Å². The van der Waals surface area contributed by atoms with Gasteiger partial charge in [0.2, 0.25) is 5.91 Å². The summed E-state index contributed by atoms with van der Waals surface area (Å²) in [4.78, 5) is 13.2. The second-order valence-corrected chi connectivity index (χ2v) is 3.44. The molecule has 3 nitrogen and oxygen atoms in total. The van der Waals surface area contributed by atoms with Crippen LogP contribution in [0.1, 0.15) is 33.6 Å². The highest BCUT2D eigenvalue weighted by Gasteiger charge is 2.18. The number of hydrogen-bond acceptors (Lipinski definition) is 2. The predicted octanol–water partition coefficient (Wildman–Crippen LogP) is 0.981. The van der Waals surface area contributed by atoms with Crippen LogP contribution < -0.4 is 5.73 Å². The Kier molecular flexibility index (Phi) is 4.90. The third-order valence-corrected chi connectivity index (χ3v) is 2.04. The van der Waals surface area contributed by atoms with Crippen molar-refractivity contribution < 1.29 is 4.79 Å². The number of likely N-dealkylation sites (N-methyl/N-ethyl adjacent to an activating group) is 1. The minimum absolute atomic E-state index is 0.0480. The van der Waals surface area contributed by atoms with Crippen molar-refractivity contribution in [3.05, 3.63) is 0 Å². The molecule has 2 N–H and O–H groups in total. The van der Waals surface area contributed by atoms with Gasteiger partial charge in [-0.2, -0.15) is 0 Å².